The molecular formula is C23H38N2O5. The fourth-order valence-electron chi connectivity index (χ4n) is 3.36. The lowest BCUT2D eigenvalue weighted by Gasteiger charge is -2.36. The summed E-state index contributed by atoms with van der Waals surface area (Å²) in [6, 6.07) is 7.61. The second kappa shape index (κ2) is 11.8. The van der Waals surface area contributed by atoms with Crippen molar-refractivity contribution in [3.8, 4) is 0 Å². The summed E-state index contributed by atoms with van der Waals surface area (Å²) in [7, 11) is 1.63. The predicted octanol–water partition coefficient (Wildman–Crippen LogP) is 1.96. The largest absolute Gasteiger partial charge is 0.389 e. The number of amides is 1. The molecule has 7 nitrogen and oxygen atoms in total. The minimum absolute atomic E-state index is 0.0219. The van der Waals surface area contributed by atoms with Crippen molar-refractivity contribution in [1.29, 1.82) is 0 Å². The zero-order chi connectivity index (χ0) is 22.1. The minimum atomic E-state index is -0.554. The van der Waals surface area contributed by atoms with Crippen molar-refractivity contribution < 1.29 is 24.1 Å². The van der Waals surface area contributed by atoms with E-state index in [1.807, 2.05) is 52.0 Å². The number of methoxy groups -OCH3 is 1. The van der Waals surface area contributed by atoms with Gasteiger partial charge in [-0.2, -0.15) is 0 Å². The van der Waals surface area contributed by atoms with Crippen LogP contribution in [0.2, 0.25) is 0 Å². The van der Waals surface area contributed by atoms with E-state index in [4.69, 9.17) is 14.2 Å². The molecule has 1 saturated heterocycles. The van der Waals surface area contributed by atoms with Crippen LogP contribution in [0.5, 0.6) is 0 Å². The van der Waals surface area contributed by atoms with Crippen LogP contribution < -0.4 is 0 Å². The highest BCUT2D eigenvalue weighted by Crippen LogP contribution is 2.13. The van der Waals surface area contributed by atoms with Crippen LogP contribution >= 0.6 is 0 Å². The van der Waals surface area contributed by atoms with E-state index >= 15 is 0 Å². The first-order chi connectivity index (χ1) is 14.2. The van der Waals surface area contributed by atoms with E-state index in [1.165, 1.54) is 0 Å². The number of ether oxygens (including phenoxy) is 3. The highest BCUT2D eigenvalue weighted by Gasteiger charge is 2.27. The SMILES string of the molecule is COCCN(C[C@H]1CN(C[C@H](O)COC(C)(C)C)CCO1)C(=O)c1ccc(C)cc1. The monoisotopic (exact) mass is 422 g/mol. The molecule has 1 heterocycles. The molecule has 0 aromatic heterocycles. The van der Waals surface area contributed by atoms with Crippen LogP contribution in [0.15, 0.2) is 24.3 Å². The van der Waals surface area contributed by atoms with Crippen molar-refractivity contribution >= 4 is 5.91 Å². The van der Waals surface area contributed by atoms with Crippen LogP contribution in [0, 0.1) is 6.92 Å². The number of carbonyl (C=O) groups excluding carboxylic acids is 1. The lowest BCUT2D eigenvalue weighted by molar-refractivity contribution is -0.0784. The van der Waals surface area contributed by atoms with Crippen molar-refractivity contribution in [2.24, 2.45) is 0 Å². The van der Waals surface area contributed by atoms with E-state index in [2.05, 4.69) is 4.90 Å². The first-order valence-corrected chi connectivity index (χ1v) is 10.7. The van der Waals surface area contributed by atoms with Crippen molar-refractivity contribution in [3.63, 3.8) is 0 Å². The molecule has 1 aliphatic rings. The molecule has 0 radical (unpaired) electrons. The number of nitrogens with zero attached hydrogens (tertiary/aromatic N) is 2. The molecule has 170 valence electrons. The zero-order valence-electron chi connectivity index (χ0n) is 19.1. The van der Waals surface area contributed by atoms with Crippen LogP contribution in [-0.2, 0) is 14.2 Å². The molecule has 1 N–H and O–H groups in total. The molecule has 1 aromatic rings. The summed E-state index contributed by atoms with van der Waals surface area (Å²) >= 11 is 0. The smallest absolute Gasteiger partial charge is 0.254 e. The number of hydrogen-bond acceptors (Lipinski definition) is 6. The van der Waals surface area contributed by atoms with Gasteiger partial charge in [0.25, 0.3) is 5.91 Å². The number of hydrogen-bond donors (Lipinski definition) is 1. The molecule has 1 aliphatic heterocycles. The molecule has 0 unspecified atom stereocenters. The van der Waals surface area contributed by atoms with Crippen molar-refractivity contribution in [3.05, 3.63) is 35.4 Å². The normalized spacial score (nSPS) is 18.9. The Morgan fingerprint density at radius 3 is 2.67 bits per heavy atom. The van der Waals surface area contributed by atoms with Crippen molar-refractivity contribution in [1.82, 2.24) is 9.80 Å². The molecule has 0 saturated carbocycles. The van der Waals surface area contributed by atoms with E-state index in [0.717, 1.165) is 12.1 Å². The van der Waals surface area contributed by atoms with Gasteiger partial charge in [0.05, 0.1) is 37.6 Å². The summed E-state index contributed by atoms with van der Waals surface area (Å²) in [6.07, 6.45) is -0.664. The number of aliphatic hydroxyl groups excluding tert-OH is 1. The standard InChI is InChI=1S/C23H38N2O5/c1-18-6-8-19(9-7-18)22(27)25(11-12-28-5)16-21-15-24(10-13-29-21)14-20(26)17-30-23(2,3)4/h6-9,20-21,26H,10-17H2,1-5H3/t20-,21+/m0/s1. The molecule has 30 heavy (non-hydrogen) atoms. The van der Waals surface area contributed by atoms with Gasteiger partial charge in [-0.15, -0.1) is 0 Å². The van der Waals surface area contributed by atoms with Gasteiger partial charge in [-0.3, -0.25) is 9.69 Å². The maximum atomic E-state index is 13.0. The molecule has 2 rings (SSSR count). The van der Waals surface area contributed by atoms with E-state index in [-0.39, 0.29) is 17.6 Å². The zero-order valence-corrected chi connectivity index (χ0v) is 19.1. The van der Waals surface area contributed by atoms with Gasteiger partial charge in [0.1, 0.15) is 0 Å². The van der Waals surface area contributed by atoms with Gasteiger partial charge in [-0.05, 0) is 39.8 Å². The van der Waals surface area contributed by atoms with Gasteiger partial charge >= 0.3 is 0 Å². The van der Waals surface area contributed by atoms with Crippen LogP contribution in [0.3, 0.4) is 0 Å². The number of benzene rings is 1. The summed E-state index contributed by atoms with van der Waals surface area (Å²) in [5, 5.41) is 10.3. The van der Waals surface area contributed by atoms with E-state index in [9.17, 15) is 9.90 Å². The average molecular weight is 423 g/mol. The highest BCUT2D eigenvalue weighted by molar-refractivity contribution is 5.94. The minimum Gasteiger partial charge on any atom is -0.389 e. The maximum absolute atomic E-state index is 13.0. The third-order valence-electron chi connectivity index (χ3n) is 4.98. The van der Waals surface area contributed by atoms with E-state index in [0.29, 0.717) is 51.6 Å². The van der Waals surface area contributed by atoms with Crippen LogP contribution in [-0.4, -0.2) is 98.3 Å². The number of morpholine rings is 1. The lowest BCUT2D eigenvalue weighted by Crippen LogP contribution is -2.51. The Bertz CT molecular complexity index is 644. The third kappa shape index (κ3) is 8.70. The second-order valence-corrected chi connectivity index (χ2v) is 8.94. The maximum Gasteiger partial charge on any atom is 0.254 e. The first-order valence-electron chi connectivity index (χ1n) is 10.7. The fourth-order valence-corrected chi connectivity index (χ4v) is 3.36. The molecule has 0 spiro atoms. The third-order valence-corrected chi connectivity index (χ3v) is 4.98. The molecule has 1 aromatic carbocycles. The number of rotatable bonds is 10. The van der Waals surface area contributed by atoms with Gasteiger partial charge < -0.3 is 24.2 Å². The van der Waals surface area contributed by atoms with E-state index < -0.39 is 6.10 Å². The summed E-state index contributed by atoms with van der Waals surface area (Å²) in [5.41, 5.74) is 1.52. The van der Waals surface area contributed by atoms with Crippen LogP contribution in [0.4, 0.5) is 0 Å². The topological polar surface area (TPSA) is 71.5 Å². The Morgan fingerprint density at radius 2 is 2.03 bits per heavy atom. The molecule has 1 amide bonds. The number of β-amino-alcohol motifs (C(OH)–C–C–N with tert-alkyl or cyclic N) is 1. The fraction of sp³-hybridized carbons (Fsp3) is 0.696. The Balaban J connectivity index is 1.93. The molecular weight excluding hydrogens is 384 g/mol. The van der Waals surface area contributed by atoms with E-state index in [1.54, 1.807) is 12.0 Å². The Morgan fingerprint density at radius 1 is 1.33 bits per heavy atom. The van der Waals surface area contributed by atoms with Gasteiger partial charge in [0, 0.05) is 45.4 Å². The molecule has 1 fully saturated rings. The summed E-state index contributed by atoms with van der Waals surface area (Å²) in [4.78, 5) is 17.0. The molecule has 0 aliphatic carbocycles. The molecule has 2 atom stereocenters. The molecule has 7 heteroatoms. The van der Waals surface area contributed by atoms with Gasteiger partial charge in [0.15, 0.2) is 0 Å². The average Bonchev–Trinajstić information content (AvgIpc) is 2.69. The van der Waals surface area contributed by atoms with Crippen LogP contribution in [0.1, 0.15) is 36.7 Å². The lowest BCUT2D eigenvalue weighted by atomic mass is 10.1. The highest BCUT2D eigenvalue weighted by atomic mass is 16.5. The number of aliphatic hydroxyl groups is 1. The van der Waals surface area contributed by atoms with Crippen molar-refractivity contribution in [2.45, 2.75) is 45.5 Å². The number of carbonyl (C=O) groups is 1. The van der Waals surface area contributed by atoms with Gasteiger partial charge in [0.2, 0.25) is 0 Å². The Kier molecular flexibility index (Phi) is 9.71. The van der Waals surface area contributed by atoms with Crippen molar-refractivity contribution in [2.75, 3.05) is 59.7 Å². The van der Waals surface area contributed by atoms with Crippen LogP contribution in [0.25, 0.3) is 0 Å². The quantitative estimate of drug-likeness (QED) is 0.622. The summed E-state index contributed by atoms with van der Waals surface area (Å²) in [6.45, 7) is 12.2. The summed E-state index contributed by atoms with van der Waals surface area (Å²) in [5.74, 6) is -0.0219. The number of aryl methyl sites for hydroxylation is 1. The predicted molar refractivity (Wildman–Crippen MR) is 117 cm³/mol. The first kappa shape index (κ1) is 24.8. The van der Waals surface area contributed by atoms with Gasteiger partial charge in [-0.1, -0.05) is 17.7 Å². The Labute approximate surface area is 180 Å². The summed E-state index contributed by atoms with van der Waals surface area (Å²) < 4.78 is 16.8. The Hall–Kier alpha value is -1.51. The second-order valence-electron chi connectivity index (χ2n) is 8.94. The molecule has 0 bridgehead atoms. The van der Waals surface area contributed by atoms with Gasteiger partial charge in [-0.25, -0.2) is 0 Å².